The lowest BCUT2D eigenvalue weighted by molar-refractivity contribution is -0.121. The van der Waals surface area contributed by atoms with Crippen LogP contribution in [-0.2, 0) is 21.2 Å². The number of hydrogen-bond donors (Lipinski definition) is 1. The number of sulfonamides is 1. The molecule has 1 atom stereocenters. The number of thiophene rings is 1. The van der Waals surface area contributed by atoms with Crippen LogP contribution in [0.15, 0.2) is 46.7 Å². The van der Waals surface area contributed by atoms with Gasteiger partial charge in [0.05, 0.1) is 12.5 Å². The van der Waals surface area contributed by atoms with Gasteiger partial charge in [-0.25, -0.2) is 8.42 Å². The van der Waals surface area contributed by atoms with Gasteiger partial charge in [-0.2, -0.15) is 4.31 Å². The van der Waals surface area contributed by atoms with Gasteiger partial charge in [0.15, 0.2) is 0 Å². The Morgan fingerprint density at radius 2 is 1.67 bits per heavy atom. The van der Waals surface area contributed by atoms with Crippen molar-refractivity contribution >= 4 is 27.3 Å². The summed E-state index contributed by atoms with van der Waals surface area (Å²) >= 11 is 1.21. The van der Waals surface area contributed by atoms with Gasteiger partial charge in [0.25, 0.3) is 10.0 Å². The first-order chi connectivity index (χ1) is 15.9. The highest BCUT2D eigenvalue weighted by Gasteiger charge is 2.28. The van der Waals surface area contributed by atoms with E-state index >= 15 is 0 Å². The molecule has 1 aromatic carbocycles. The lowest BCUT2D eigenvalue weighted by Gasteiger charge is -2.35. The third-order valence-corrected chi connectivity index (χ3v) is 9.91. The zero-order valence-corrected chi connectivity index (χ0v) is 20.9. The fraction of sp³-hybridized carbons (Fsp3) is 0.542. The van der Waals surface area contributed by atoms with Gasteiger partial charge in [0.1, 0.15) is 4.21 Å². The molecule has 0 aliphatic carbocycles. The predicted octanol–water partition coefficient (Wildman–Crippen LogP) is 2.57. The average Bonchev–Trinajstić information content (AvgIpc) is 3.30. The highest BCUT2D eigenvalue weighted by molar-refractivity contribution is 7.91. The van der Waals surface area contributed by atoms with Gasteiger partial charge in [0, 0.05) is 50.7 Å². The van der Waals surface area contributed by atoms with Crippen LogP contribution in [0.25, 0.3) is 0 Å². The van der Waals surface area contributed by atoms with Gasteiger partial charge in [-0.1, -0.05) is 36.8 Å². The second kappa shape index (κ2) is 11.1. The molecular formula is C24H34N4O3S2. The van der Waals surface area contributed by atoms with Crippen molar-refractivity contribution in [3.05, 3.63) is 52.9 Å². The van der Waals surface area contributed by atoms with E-state index in [0.29, 0.717) is 17.3 Å². The maximum absolute atomic E-state index is 13.0. The van der Waals surface area contributed by atoms with Crippen molar-refractivity contribution in [1.82, 2.24) is 19.4 Å². The molecule has 1 aromatic heterocycles. The lowest BCUT2D eigenvalue weighted by atomic mass is 10.1. The Labute approximate surface area is 201 Å². The molecule has 2 fully saturated rings. The van der Waals surface area contributed by atoms with Crippen LogP contribution in [0.2, 0.25) is 0 Å². The molecule has 4 rings (SSSR count). The quantitative estimate of drug-likeness (QED) is 0.616. The van der Waals surface area contributed by atoms with Crippen molar-refractivity contribution in [2.45, 2.75) is 35.9 Å². The van der Waals surface area contributed by atoms with E-state index < -0.39 is 10.0 Å². The second-order valence-corrected chi connectivity index (χ2v) is 12.3. The van der Waals surface area contributed by atoms with Crippen LogP contribution in [0.1, 0.15) is 35.7 Å². The van der Waals surface area contributed by atoms with Crippen molar-refractivity contribution in [2.75, 3.05) is 52.9 Å². The van der Waals surface area contributed by atoms with Crippen molar-refractivity contribution in [2.24, 2.45) is 0 Å². The van der Waals surface area contributed by atoms with E-state index in [1.807, 2.05) is 18.2 Å². The predicted molar refractivity (Wildman–Crippen MR) is 132 cm³/mol. The summed E-state index contributed by atoms with van der Waals surface area (Å²) in [5.41, 5.74) is 1.09. The Morgan fingerprint density at radius 1 is 0.970 bits per heavy atom. The van der Waals surface area contributed by atoms with E-state index in [-0.39, 0.29) is 18.4 Å². The van der Waals surface area contributed by atoms with Crippen molar-refractivity contribution in [1.29, 1.82) is 0 Å². The molecule has 3 heterocycles. The minimum Gasteiger partial charge on any atom is -0.348 e. The molecule has 1 unspecified atom stereocenters. The van der Waals surface area contributed by atoms with Gasteiger partial charge in [-0.3, -0.25) is 9.69 Å². The first-order valence-electron chi connectivity index (χ1n) is 11.8. The number of likely N-dealkylation sites (N-methyl/N-ethyl adjacent to an activating group) is 1. The maximum atomic E-state index is 13.0. The Balaban J connectivity index is 1.40. The van der Waals surface area contributed by atoms with Gasteiger partial charge in [-0.15, -0.1) is 11.3 Å². The fourth-order valence-corrected chi connectivity index (χ4v) is 7.46. The second-order valence-electron chi connectivity index (χ2n) is 9.00. The normalized spacial score (nSPS) is 19.9. The van der Waals surface area contributed by atoms with Gasteiger partial charge in [0.2, 0.25) is 5.91 Å². The van der Waals surface area contributed by atoms with Crippen molar-refractivity contribution in [3.8, 4) is 0 Å². The molecule has 33 heavy (non-hydrogen) atoms. The van der Waals surface area contributed by atoms with Gasteiger partial charge < -0.3 is 10.2 Å². The summed E-state index contributed by atoms with van der Waals surface area (Å²) in [6.07, 6.45) is 3.09. The van der Waals surface area contributed by atoms with E-state index in [0.717, 1.165) is 62.4 Å². The van der Waals surface area contributed by atoms with Crippen LogP contribution in [-0.4, -0.2) is 81.3 Å². The van der Waals surface area contributed by atoms with Gasteiger partial charge >= 0.3 is 0 Å². The minimum atomic E-state index is -3.46. The summed E-state index contributed by atoms with van der Waals surface area (Å²) in [6.45, 7) is 5.96. The summed E-state index contributed by atoms with van der Waals surface area (Å²) in [5.74, 6) is -0.0817. The Hall–Kier alpha value is -1.78. The molecule has 2 saturated heterocycles. The molecule has 0 bridgehead atoms. The first-order valence-corrected chi connectivity index (χ1v) is 14.0. The highest BCUT2D eigenvalue weighted by atomic mass is 32.2. The van der Waals surface area contributed by atoms with Crippen LogP contribution >= 0.6 is 11.3 Å². The Morgan fingerprint density at radius 3 is 2.36 bits per heavy atom. The molecule has 2 aliphatic rings. The number of piperidine rings is 1. The SMILES string of the molecule is CN1CCN(CC(NC(=O)Cc2ccc(S(=O)(=O)N3CCCCC3)s2)c2ccccc2)CC1. The molecule has 0 radical (unpaired) electrons. The average molecular weight is 491 g/mol. The third-order valence-electron chi connectivity index (χ3n) is 6.45. The van der Waals surface area contributed by atoms with E-state index in [9.17, 15) is 13.2 Å². The number of hydrogen-bond acceptors (Lipinski definition) is 6. The van der Waals surface area contributed by atoms with Crippen LogP contribution in [0.5, 0.6) is 0 Å². The molecule has 7 nitrogen and oxygen atoms in total. The Kier molecular flexibility index (Phi) is 8.19. The zero-order valence-electron chi connectivity index (χ0n) is 19.3. The molecule has 1 N–H and O–H groups in total. The summed E-state index contributed by atoms with van der Waals surface area (Å²) in [4.78, 5) is 18.4. The standard InChI is InChI=1S/C24H34N4O3S2/c1-26-14-16-27(17-15-26)19-22(20-8-4-2-5-9-20)25-23(29)18-21-10-11-24(32-21)33(30,31)28-12-6-3-7-13-28/h2,4-5,8-11,22H,3,6-7,12-19H2,1H3,(H,25,29). The summed E-state index contributed by atoms with van der Waals surface area (Å²) in [5, 5.41) is 3.20. The number of piperazine rings is 1. The zero-order chi connectivity index (χ0) is 23.3. The lowest BCUT2D eigenvalue weighted by Crippen LogP contribution is -2.48. The maximum Gasteiger partial charge on any atom is 0.252 e. The molecule has 0 spiro atoms. The van der Waals surface area contributed by atoms with Crippen LogP contribution < -0.4 is 5.32 Å². The van der Waals surface area contributed by atoms with Crippen LogP contribution in [0.3, 0.4) is 0 Å². The van der Waals surface area contributed by atoms with E-state index in [1.54, 1.807) is 16.4 Å². The largest absolute Gasteiger partial charge is 0.348 e. The number of nitrogens with zero attached hydrogens (tertiary/aromatic N) is 3. The van der Waals surface area contributed by atoms with E-state index in [4.69, 9.17) is 0 Å². The number of rotatable bonds is 8. The molecular weight excluding hydrogens is 456 g/mol. The highest BCUT2D eigenvalue weighted by Crippen LogP contribution is 2.27. The number of carbonyl (C=O) groups excluding carboxylic acids is 1. The van der Waals surface area contributed by atoms with Crippen molar-refractivity contribution in [3.63, 3.8) is 0 Å². The Bertz CT molecular complexity index is 1010. The topological polar surface area (TPSA) is 73.0 Å². The van der Waals surface area contributed by atoms with Crippen LogP contribution in [0, 0.1) is 0 Å². The number of carbonyl (C=O) groups is 1. The molecule has 2 aliphatic heterocycles. The molecule has 0 saturated carbocycles. The monoisotopic (exact) mass is 490 g/mol. The molecule has 180 valence electrons. The number of amides is 1. The molecule has 2 aromatic rings. The molecule has 9 heteroatoms. The number of benzene rings is 1. The van der Waals surface area contributed by atoms with E-state index in [1.165, 1.54) is 11.3 Å². The van der Waals surface area contributed by atoms with Crippen molar-refractivity contribution < 1.29 is 13.2 Å². The molecule has 1 amide bonds. The minimum absolute atomic E-state index is 0.0817. The van der Waals surface area contributed by atoms with Gasteiger partial charge in [-0.05, 0) is 37.6 Å². The summed E-state index contributed by atoms with van der Waals surface area (Å²) in [6, 6.07) is 13.4. The smallest absolute Gasteiger partial charge is 0.252 e. The first kappa shape index (κ1) is 24.3. The number of nitrogens with one attached hydrogen (secondary N) is 1. The third kappa shape index (κ3) is 6.42. The summed E-state index contributed by atoms with van der Waals surface area (Å²) < 4.78 is 27.8. The van der Waals surface area contributed by atoms with E-state index in [2.05, 4.69) is 34.3 Å². The summed E-state index contributed by atoms with van der Waals surface area (Å²) in [7, 11) is -1.32. The fourth-order valence-electron chi connectivity index (χ4n) is 4.44. The van der Waals surface area contributed by atoms with Crippen LogP contribution in [0.4, 0.5) is 0 Å².